The number of halogens is 1. The fourth-order valence-corrected chi connectivity index (χ4v) is 4.66. The predicted molar refractivity (Wildman–Crippen MR) is 142 cm³/mol. The molecule has 8 heteroatoms. The van der Waals surface area contributed by atoms with Crippen LogP contribution in [0.5, 0.6) is 5.75 Å². The molecule has 188 valence electrons. The standard InChI is InChI=1S/C29H27ClN4O3/c1-29(28(36)31-17-20-6-4-3-5-7-20)19-34-26(16-25(32-34)22-10-14-24(37-2)15-11-22)27(35)33(29)18-21-8-12-23(30)13-9-21/h3-16H,17-19H2,1-2H3,(H,31,36). The van der Waals surface area contributed by atoms with Gasteiger partial charge in [-0.1, -0.05) is 54.1 Å². The van der Waals surface area contributed by atoms with Crippen LogP contribution >= 0.6 is 11.6 Å². The molecule has 37 heavy (non-hydrogen) atoms. The Morgan fingerprint density at radius 3 is 2.41 bits per heavy atom. The Morgan fingerprint density at radius 1 is 1.03 bits per heavy atom. The highest BCUT2D eigenvalue weighted by molar-refractivity contribution is 6.30. The van der Waals surface area contributed by atoms with E-state index in [-0.39, 0.29) is 24.9 Å². The normalized spacial score (nSPS) is 16.8. The van der Waals surface area contributed by atoms with E-state index < -0.39 is 5.54 Å². The summed E-state index contributed by atoms with van der Waals surface area (Å²) in [5.74, 6) is 0.234. The van der Waals surface area contributed by atoms with Crippen LogP contribution in [0, 0.1) is 0 Å². The van der Waals surface area contributed by atoms with E-state index in [9.17, 15) is 9.59 Å². The minimum atomic E-state index is -1.16. The number of hydrogen-bond donors (Lipinski definition) is 1. The largest absolute Gasteiger partial charge is 0.497 e. The first-order valence-electron chi connectivity index (χ1n) is 12.0. The van der Waals surface area contributed by atoms with E-state index in [1.807, 2.05) is 66.7 Å². The molecule has 1 unspecified atom stereocenters. The van der Waals surface area contributed by atoms with Gasteiger partial charge in [-0.15, -0.1) is 0 Å². The summed E-state index contributed by atoms with van der Waals surface area (Å²) in [5.41, 5.74) is 2.65. The van der Waals surface area contributed by atoms with Crippen molar-refractivity contribution in [3.63, 3.8) is 0 Å². The van der Waals surface area contributed by atoms with Gasteiger partial charge in [-0.2, -0.15) is 5.10 Å². The van der Waals surface area contributed by atoms with E-state index in [2.05, 4.69) is 5.32 Å². The molecule has 1 aliphatic heterocycles. The minimum Gasteiger partial charge on any atom is -0.497 e. The Labute approximate surface area is 220 Å². The first-order valence-corrected chi connectivity index (χ1v) is 12.4. The zero-order chi connectivity index (χ0) is 26.0. The number of fused-ring (bicyclic) bond motifs is 1. The van der Waals surface area contributed by atoms with Gasteiger partial charge in [0, 0.05) is 23.7 Å². The molecule has 7 nitrogen and oxygen atoms in total. The molecule has 0 fully saturated rings. The molecule has 4 aromatic rings. The monoisotopic (exact) mass is 514 g/mol. The van der Waals surface area contributed by atoms with Gasteiger partial charge in [0.25, 0.3) is 5.91 Å². The molecule has 2 amide bonds. The van der Waals surface area contributed by atoms with E-state index in [0.717, 1.165) is 22.4 Å². The van der Waals surface area contributed by atoms with Crippen LogP contribution in [0.1, 0.15) is 28.5 Å². The molecule has 0 saturated heterocycles. The quantitative estimate of drug-likeness (QED) is 0.379. The van der Waals surface area contributed by atoms with E-state index in [4.69, 9.17) is 21.4 Å². The van der Waals surface area contributed by atoms with E-state index >= 15 is 0 Å². The molecule has 0 saturated carbocycles. The summed E-state index contributed by atoms with van der Waals surface area (Å²) in [7, 11) is 1.61. The number of aromatic nitrogens is 2. The molecular formula is C29H27ClN4O3. The van der Waals surface area contributed by atoms with Crippen LogP contribution in [0.2, 0.25) is 5.02 Å². The number of hydrogen-bond acceptors (Lipinski definition) is 4. The molecule has 1 atom stereocenters. The van der Waals surface area contributed by atoms with Crippen LogP contribution in [0.15, 0.2) is 84.9 Å². The summed E-state index contributed by atoms with van der Waals surface area (Å²) in [4.78, 5) is 29.2. The van der Waals surface area contributed by atoms with E-state index in [0.29, 0.717) is 23.0 Å². The van der Waals surface area contributed by atoms with Crippen molar-refractivity contribution in [3.05, 3.63) is 107 Å². The summed E-state index contributed by atoms with van der Waals surface area (Å²) < 4.78 is 6.89. The third kappa shape index (κ3) is 4.95. The second kappa shape index (κ2) is 10.1. The molecule has 0 aliphatic carbocycles. The van der Waals surface area contributed by atoms with Gasteiger partial charge in [0.2, 0.25) is 5.91 Å². The Morgan fingerprint density at radius 2 is 1.73 bits per heavy atom. The number of nitrogens with one attached hydrogen (secondary N) is 1. The molecule has 0 bridgehead atoms. The van der Waals surface area contributed by atoms with Crippen LogP contribution in [0.4, 0.5) is 0 Å². The zero-order valence-electron chi connectivity index (χ0n) is 20.6. The summed E-state index contributed by atoms with van der Waals surface area (Å²) in [6.07, 6.45) is 0. The Kier molecular flexibility index (Phi) is 6.72. The van der Waals surface area contributed by atoms with Gasteiger partial charge in [0.1, 0.15) is 17.0 Å². The first kappa shape index (κ1) is 24.6. The van der Waals surface area contributed by atoms with Gasteiger partial charge in [0.15, 0.2) is 0 Å². The minimum absolute atomic E-state index is 0.221. The molecule has 1 aliphatic rings. The number of methoxy groups -OCH3 is 1. The second-order valence-corrected chi connectivity index (χ2v) is 9.70. The van der Waals surface area contributed by atoms with E-state index in [1.165, 1.54) is 0 Å². The summed E-state index contributed by atoms with van der Waals surface area (Å²) in [6, 6.07) is 26.3. The highest BCUT2D eigenvalue weighted by Gasteiger charge is 2.48. The maximum absolute atomic E-state index is 13.9. The summed E-state index contributed by atoms with van der Waals surface area (Å²) in [5, 5.41) is 8.35. The van der Waals surface area contributed by atoms with Gasteiger partial charge >= 0.3 is 0 Å². The van der Waals surface area contributed by atoms with Crippen molar-refractivity contribution in [3.8, 4) is 17.0 Å². The number of amides is 2. The Balaban J connectivity index is 1.49. The van der Waals surface area contributed by atoms with Gasteiger partial charge in [-0.05, 0) is 60.5 Å². The van der Waals surface area contributed by atoms with Gasteiger partial charge in [-0.25, -0.2) is 0 Å². The molecule has 2 heterocycles. The lowest BCUT2D eigenvalue weighted by Gasteiger charge is -2.43. The van der Waals surface area contributed by atoms with E-state index in [1.54, 1.807) is 41.8 Å². The molecule has 0 radical (unpaired) electrons. The number of benzene rings is 3. The van der Waals surface area contributed by atoms with Crippen molar-refractivity contribution in [1.29, 1.82) is 0 Å². The van der Waals surface area contributed by atoms with Crippen LogP contribution in [-0.4, -0.2) is 39.1 Å². The van der Waals surface area contributed by atoms with Crippen molar-refractivity contribution < 1.29 is 14.3 Å². The van der Waals surface area contributed by atoms with Crippen LogP contribution in [0.25, 0.3) is 11.3 Å². The van der Waals surface area contributed by atoms with Crippen molar-refractivity contribution in [2.45, 2.75) is 32.1 Å². The predicted octanol–water partition coefficient (Wildman–Crippen LogP) is 4.94. The molecule has 5 rings (SSSR count). The average Bonchev–Trinajstić information content (AvgIpc) is 3.35. The van der Waals surface area contributed by atoms with Crippen molar-refractivity contribution in [1.82, 2.24) is 20.0 Å². The number of carbonyl (C=O) groups excluding carboxylic acids is 2. The third-order valence-corrected chi connectivity index (χ3v) is 6.97. The molecular weight excluding hydrogens is 488 g/mol. The van der Waals surface area contributed by atoms with Crippen LogP contribution in [-0.2, 0) is 24.4 Å². The van der Waals surface area contributed by atoms with Gasteiger partial charge in [-0.3, -0.25) is 14.3 Å². The fraction of sp³-hybridized carbons (Fsp3) is 0.207. The maximum Gasteiger partial charge on any atom is 0.273 e. The second-order valence-electron chi connectivity index (χ2n) is 9.26. The molecule has 1 N–H and O–H groups in total. The third-order valence-electron chi connectivity index (χ3n) is 6.72. The lowest BCUT2D eigenvalue weighted by Crippen LogP contribution is -2.63. The molecule has 3 aromatic carbocycles. The number of ether oxygens (including phenoxy) is 1. The topological polar surface area (TPSA) is 76.5 Å². The van der Waals surface area contributed by atoms with Crippen molar-refractivity contribution in [2.75, 3.05) is 7.11 Å². The lowest BCUT2D eigenvalue weighted by atomic mass is 9.94. The first-order chi connectivity index (χ1) is 17.9. The van der Waals surface area contributed by atoms with Gasteiger partial charge in [0.05, 0.1) is 19.3 Å². The molecule has 0 spiro atoms. The summed E-state index contributed by atoms with van der Waals surface area (Å²) in [6.45, 7) is 2.63. The Bertz CT molecular complexity index is 1420. The van der Waals surface area contributed by atoms with Crippen LogP contribution in [0.3, 0.4) is 0 Å². The smallest absolute Gasteiger partial charge is 0.273 e. The highest BCUT2D eigenvalue weighted by atomic mass is 35.5. The van der Waals surface area contributed by atoms with Crippen LogP contribution < -0.4 is 10.1 Å². The highest BCUT2D eigenvalue weighted by Crippen LogP contribution is 2.32. The average molecular weight is 515 g/mol. The molecule has 1 aromatic heterocycles. The number of carbonyl (C=O) groups is 2. The zero-order valence-corrected chi connectivity index (χ0v) is 21.4. The van der Waals surface area contributed by atoms with Crippen molar-refractivity contribution >= 4 is 23.4 Å². The van der Waals surface area contributed by atoms with Gasteiger partial charge < -0.3 is 15.0 Å². The Hall–Kier alpha value is -4.10. The summed E-state index contributed by atoms with van der Waals surface area (Å²) >= 11 is 6.07. The lowest BCUT2D eigenvalue weighted by molar-refractivity contribution is -0.133. The fourth-order valence-electron chi connectivity index (χ4n) is 4.53. The number of rotatable bonds is 7. The van der Waals surface area contributed by atoms with Crippen molar-refractivity contribution in [2.24, 2.45) is 0 Å². The number of nitrogens with zero attached hydrogens (tertiary/aromatic N) is 3. The SMILES string of the molecule is COc1ccc(-c2cc3n(n2)CC(C)(C(=O)NCc2ccccc2)N(Cc2ccc(Cl)cc2)C3=O)cc1. The maximum atomic E-state index is 13.9.